The Morgan fingerprint density at radius 1 is 1.21 bits per heavy atom. The second kappa shape index (κ2) is 6.73. The molecule has 0 N–H and O–H groups in total. The van der Waals surface area contributed by atoms with Gasteiger partial charge in [0.1, 0.15) is 0 Å². The van der Waals surface area contributed by atoms with E-state index < -0.39 is 0 Å². The molecule has 6 nitrogen and oxygen atoms in total. The van der Waals surface area contributed by atoms with Gasteiger partial charge in [0.15, 0.2) is 0 Å². The first kappa shape index (κ1) is 16.6. The molecule has 0 radical (unpaired) electrons. The van der Waals surface area contributed by atoms with Gasteiger partial charge in [-0.15, -0.1) is 0 Å². The fourth-order valence-corrected chi connectivity index (χ4v) is 3.27. The van der Waals surface area contributed by atoms with Crippen LogP contribution in [0.5, 0.6) is 0 Å². The van der Waals surface area contributed by atoms with E-state index in [0.717, 1.165) is 12.8 Å². The number of rotatable bonds is 5. The average Bonchev–Trinajstić information content (AvgIpc) is 3.19. The number of amides is 3. The molecule has 1 aromatic rings. The lowest BCUT2D eigenvalue weighted by Crippen LogP contribution is -2.36. The van der Waals surface area contributed by atoms with Crippen molar-refractivity contribution in [1.82, 2.24) is 9.80 Å². The van der Waals surface area contributed by atoms with Crippen molar-refractivity contribution in [3.63, 3.8) is 0 Å². The van der Waals surface area contributed by atoms with Gasteiger partial charge in [0.25, 0.3) is 17.7 Å². The zero-order valence-electron chi connectivity index (χ0n) is 14.1. The van der Waals surface area contributed by atoms with Crippen LogP contribution in [-0.2, 0) is 4.74 Å². The Labute approximate surface area is 141 Å². The van der Waals surface area contributed by atoms with Crippen LogP contribution in [-0.4, -0.2) is 59.9 Å². The summed E-state index contributed by atoms with van der Waals surface area (Å²) in [7, 11) is 0. The van der Waals surface area contributed by atoms with E-state index in [-0.39, 0.29) is 30.4 Å². The van der Waals surface area contributed by atoms with E-state index in [1.165, 1.54) is 4.90 Å². The maximum Gasteiger partial charge on any atom is 0.261 e. The van der Waals surface area contributed by atoms with Gasteiger partial charge < -0.3 is 9.64 Å². The van der Waals surface area contributed by atoms with Crippen molar-refractivity contribution in [2.45, 2.75) is 32.8 Å². The van der Waals surface area contributed by atoms with Gasteiger partial charge in [-0.05, 0) is 44.9 Å². The Kier molecular flexibility index (Phi) is 4.66. The normalized spacial score (nSPS) is 19.8. The van der Waals surface area contributed by atoms with E-state index in [9.17, 15) is 14.4 Å². The van der Waals surface area contributed by atoms with Crippen molar-refractivity contribution in [2.75, 3.05) is 26.2 Å². The Morgan fingerprint density at radius 3 is 2.54 bits per heavy atom. The van der Waals surface area contributed by atoms with Crippen LogP contribution in [0.15, 0.2) is 18.2 Å². The number of carbonyl (C=O) groups excluding carboxylic acids is 3. The molecule has 0 spiro atoms. The molecule has 1 atom stereocenters. The summed E-state index contributed by atoms with van der Waals surface area (Å²) in [5.41, 5.74) is 1.13. The molecular formula is C18H22N2O4. The minimum Gasteiger partial charge on any atom is -0.376 e. The highest BCUT2D eigenvalue weighted by atomic mass is 16.5. The van der Waals surface area contributed by atoms with Crippen molar-refractivity contribution in [3.05, 3.63) is 34.9 Å². The quantitative estimate of drug-likeness (QED) is 0.774. The Morgan fingerprint density at radius 2 is 1.92 bits per heavy atom. The highest BCUT2D eigenvalue weighted by Gasteiger charge is 2.38. The Hall–Kier alpha value is -2.21. The van der Waals surface area contributed by atoms with Crippen LogP contribution < -0.4 is 0 Å². The number of carbonyl (C=O) groups is 3. The first-order valence-corrected chi connectivity index (χ1v) is 8.47. The fraction of sp³-hybridized carbons (Fsp3) is 0.500. The zero-order chi connectivity index (χ0) is 17.3. The molecule has 1 unspecified atom stereocenters. The molecule has 128 valence electrons. The third-order valence-electron chi connectivity index (χ3n) is 4.68. The van der Waals surface area contributed by atoms with Crippen molar-refractivity contribution < 1.29 is 19.1 Å². The van der Waals surface area contributed by atoms with E-state index >= 15 is 0 Å². The molecule has 0 aromatic heterocycles. The molecule has 3 rings (SSSR count). The van der Waals surface area contributed by atoms with E-state index in [1.807, 2.05) is 13.8 Å². The van der Waals surface area contributed by atoms with Gasteiger partial charge in [-0.25, -0.2) is 0 Å². The van der Waals surface area contributed by atoms with E-state index in [0.29, 0.717) is 36.4 Å². The minimum atomic E-state index is -0.334. The summed E-state index contributed by atoms with van der Waals surface area (Å²) in [5.74, 6) is -0.757. The van der Waals surface area contributed by atoms with Crippen LogP contribution in [0.3, 0.4) is 0 Å². The van der Waals surface area contributed by atoms with Crippen LogP contribution in [0.4, 0.5) is 0 Å². The molecule has 1 saturated heterocycles. The molecule has 2 heterocycles. The molecule has 1 fully saturated rings. The summed E-state index contributed by atoms with van der Waals surface area (Å²) in [5, 5.41) is 0. The van der Waals surface area contributed by atoms with Crippen molar-refractivity contribution in [3.8, 4) is 0 Å². The third kappa shape index (κ3) is 2.82. The summed E-state index contributed by atoms with van der Waals surface area (Å²) >= 11 is 0. The van der Waals surface area contributed by atoms with Crippen molar-refractivity contribution >= 4 is 17.7 Å². The molecule has 1 aromatic carbocycles. The lowest BCUT2D eigenvalue weighted by Gasteiger charge is -2.18. The standard InChI is InChI=1S/C18H22N2O4/c1-3-19(4-2)16(21)12-7-8-14-15(10-12)18(23)20(17(14)22)11-13-6-5-9-24-13/h7-8,10,13H,3-6,9,11H2,1-2H3. The molecule has 24 heavy (non-hydrogen) atoms. The number of imide groups is 1. The largest absolute Gasteiger partial charge is 0.376 e. The van der Waals surface area contributed by atoms with Crippen LogP contribution in [0.1, 0.15) is 57.8 Å². The molecule has 0 bridgehead atoms. The SMILES string of the molecule is CCN(CC)C(=O)c1ccc2c(c1)C(=O)N(CC1CCCO1)C2=O. The Bertz CT molecular complexity index is 676. The van der Waals surface area contributed by atoms with Crippen LogP contribution in [0.25, 0.3) is 0 Å². The minimum absolute atomic E-state index is 0.0796. The van der Waals surface area contributed by atoms with Gasteiger partial charge in [-0.1, -0.05) is 0 Å². The molecule has 0 aliphatic carbocycles. The molecule has 2 aliphatic heterocycles. The third-order valence-corrected chi connectivity index (χ3v) is 4.68. The Balaban J connectivity index is 1.84. The lowest BCUT2D eigenvalue weighted by atomic mass is 10.0. The van der Waals surface area contributed by atoms with E-state index in [4.69, 9.17) is 4.74 Å². The number of nitrogens with zero attached hydrogens (tertiary/aromatic N) is 2. The number of hydrogen-bond donors (Lipinski definition) is 0. The van der Waals surface area contributed by atoms with Gasteiger partial charge in [-0.2, -0.15) is 0 Å². The smallest absolute Gasteiger partial charge is 0.261 e. The molecule has 2 aliphatic rings. The molecule has 0 saturated carbocycles. The maximum absolute atomic E-state index is 12.6. The predicted molar refractivity (Wildman–Crippen MR) is 88.0 cm³/mol. The van der Waals surface area contributed by atoms with Gasteiger partial charge in [0, 0.05) is 25.3 Å². The zero-order valence-corrected chi connectivity index (χ0v) is 14.1. The monoisotopic (exact) mass is 330 g/mol. The number of hydrogen-bond acceptors (Lipinski definition) is 4. The fourth-order valence-electron chi connectivity index (χ4n) is 3.27. The number of fused-ring (bicyclic) bond motifs is 1. The van der Waals surface area contributed by atoms with E-state index in [2.05, 4.69) is 0 Å². The van der Waals surface area contributed by atoms with Crippen LogP contribution >= 0.6 is 0 Å². The molecule has 3 amide bonds. The summed E-state index contributed by atoms with van der Waals surface area (Å²) in [6.45, 7) is 5.98. The lowest BCUT2D eigenvalue weighted by molar-refractivity contribution is 0.0475. The predicted octanol–water partition coefficient (Wildman–Crippen LogP) is 1.94. The number of ether oxygens (including phenoxy) is 1. The van der Waals surface area contributed by atoms with Crippen LogP contribution in [0.2, 0.25) is 0 Å². The summed E-state index contributed by atoms with van der Waals surface area (Å²) in [4.78, 5) is 40.5. The van der Waals surface area contributed by atoms with Gasteiger partial charge >= 0.3 is 0 Å². The maximum atomic E-state index is 12.6. The van der Waals surface area contributed by atoms with Crippen LogP contribution in [0, 0.1) is 0 Å². The van der Waals surface area contributed by atoms with E-state index in [1.54, 1.807) is 23.1 Å². The van der Waals surface area contributed by atoms with Gasteiger partial charge in [-0.3, -0.25) is 19.3 Å². The van der Waals surface area contributed by atoms with Gasteiger partial charge in [0.05, 0.1) is 23.8 Å². The summed E-state index contributed by atoms with van der Waals surface area (Å²) in [6.07, 6.45) is 1.74. The first-order valence-electron chi connectivity index (χ1n) is 8.47. The highest BCUT2D eigenvalue weighted by molar-refractivity contribution is 6.22. The molecular weight excluding hydrogens is 308 g/mol. The topological polar surface area (TPSA) is 66.9 Å². The van der Waals surface area contributed by atoms with Crippen molar-refractivity contribution in [1.29, 1.82) is 0 Å². The summed E-state index contributed by atoms with van der Waals surface area (Å²) < 4.78 is 5.53. The first-order chi connectivity index (χ1) is 11.6. The average molecular weight is 330 g/mol. The second-order valence-electron chi connectivity index (χ2n) is 6.09. The van der Waals surface area contributed by atoms with Gasteiger partial charge in [0.2, 0.25) is 0 Å². The van der Waals surface area contributed by atoms with Crippen molar-refractivity contribution in [2.24, 2.45) is 0 Å². The second-order valence-corrected chi connectivity index (χ2v) is 6.09. The summed E-state index contributed by atoms with van der Waals surface area (Å²) in [6, 6.07) is 4.76. The highest BCUT2D eigenvalue weighted by Crippen LogP contribution is 2.26. The number of benzene rings is 1. The molecule has 6 heteroatoms.